The first-order valence-corrected chi connectivity index (χ1v) is 7.45. The third kappa shape index (κ3) is 4.20. The van der Waals surface area contributed by atoms with Crippen molar-refractivity contribution in [3.8, 4) is 11.8 Å². The largest absolute Gasteiger partial charge is 0.489 e. The molecule has 0 aliphatic rings. The van der Waals surface area contributed by atoms with Crippen LogP contribution in [0.1, 0.15) is 23.1 Å². The Morgan fingerprint density at radius 3 is 2.58 bits per heavy atom. The van der Waals surface area contributed by atoms with Gasteiger partial charge in [-0.15, -0.1) is 0 Å². The molecule has 0 aromatic heterocycles. The molecule has 122 valence electrons. The lowest BCUT2D eigenvalue weighted by atomic mass is 9.99. The fourth-order valence-corrected chi connectivity index (χ4v) is 2.25. The Kier molecular flexibility index (Phi) is 6.09. The number of hydrogen-bond donors (Lipinski definition) is 0. The van der Waals surface area contributed by atoms with Crippen LogP contribution in [0.15, 0.2) is 53.7 Å². The number of Topliss-reactive ketones (excluding diaryl/α,β-unsaturated/α-hetero) is 1. The van der Waals surface area contributed by atoms with Crippen LogP contribution in [0.2, 0.25) is 0 Å². The van der Waals surface area contributed by atoms with Crippen molar-refractivity contribution < 1.29 is 14.4 Å². The van der Waals surface area contributed by atoms with Crippen LogP contribution in [-0.4, -0.2) is 18.6 Å². The Labute approximate surface area is 141 Å². The van der Waals surface area contributed by atoms with E-state index < -0.39 is 0 Å². The number of ether oxygens (including phenoxy) is 1. The lowest BCUT2D eigenvalue weighted by Gasteiger charge is -2.13. The van der Waals surface area contributed by atoms with E-state index >= 15 is 0 Å². The van der Waals surface area contributed by atoms with Crippen molar-refractivity contribution in [3.63, 3.8) is 0 Å². The Balaban J connectivity index is 2.29. The van der Waals surface area contributed by atoms with E-state index in [0.29, 0.717) is 5.56 Å². The molecule has 0 aliphatic carbocycles. The molecule has 24 heavy (non-hydrogen) atoms. The molecule has 0 heterocycles. The minimum absolute atomic E-state index is 0.128. The minimum atomic E-state index is -0.386. The average Bonchev–Trinajstić information content (AvgIpc) is 2.59. The van der Waals surface area contributed by atoms with Gasteiger partial charge in [-0.2, -0.15) is 5.26 Å². The van der Waals surface area contributed by atoms with Crippen LogP contribution < -0.4 is 4.74 Å². The number of ketones is 1. The van der Waals surface area contributed by atoms with Crippen LogP contribution in [0.25, 0.3) is 0 Å². The molecule has 5 heteroatoms. The molecule has 2 rings (SSSR count). The number of oxime groups is 1. The molecule has 5 nitrogen and oxygen atoms in total. The number of aryl methyl sites for hydroxylation is 1. The quantitative estimate of drug-likeness (QED) is 0.578. The first kappa shape index (κ1) is 17.2. The molecule has 0 unspecified atom stereocenters. The molecule has 0 atom stereocenters. The highest BCUT2D eigenvalue weighted by molar-refractivity contribution is 6.46. The monoisotopic (exact) mass is 322 g/mol. The zero-order chi connectivity index (χ0) is 17.4. The summed E-state index contributed by atoms with van der Waals surface area (Å²) in [5.41, 5.74) is 2.56. The molecule has 0 radical (unpaired) electrons. The van der Waals surface area contributed by atoms with Gasteiger partial charge in [-0.3, -0.25) is 4.79 Å². The molecule has 0 saturated carbocycles. The van der Waals surface area contributed by atoms with Crippen molar-refractivity contribution in [3.05, 3.63) is 65.2 Å². The third-order valence-corrected chi connectivity index (χ3v) is 3.44. The number of nitriles is 1. The Hall–Kier alpha value is -3.13. The first-order chi connectivity index (χ1) is 11.7. The highest BCUT2D eigenvalue weighted by Crippen LogP contribution is 2.20. The second-order valence-corrected chi connectivity index (χ2v) is 5.09. The van der Waals surface area contributed by atoms with Crippen LogP contribution in [0, 0.1) is 18.3 Å². The number of nitrogens with zero attached hydrogens (tertiary/aromatic N) is 2. The lowest BCUT2D eigenvalue weighted by molar-refractivity contribution is -0.112. The maximum atomic E-state index is 12.1. The van der Waals surface area contributed by atoms with E-state index in [1.54, 1.807) is 12.1 Å². The fraction of sp³-hybridized carbons (Fsp3) is 0.211. The van der Waals surface area contributed by atoms with Crippen molar-refractivity contribution in [2.75, 3.05) is 7.11 Å². The van der Waals surface area contributed by atoms with E-state index in [4.69, 9.17) is 14.8 Å². The summed E-state index contributed by atoms with van der Waals surface area (Å²) < 4.78 is 5.86. The van der Waals surface area contributed by atoms with Gasteiger partial charge >= 0.3 is 0 Å². The molecule has 0 fully saturated rings. The van der Waals surface area contributed by atoms with Crippen LogP contribution in [0.5, 0.6) is 5.75 Å². The fourth-order valence-electron chi connectivity index (χ4n) is 2.25. The number of para-hydroxylation sites is 1. The molecule has 2 aromatic rings. The zero-order valence-electron chi connectivity index (χ0n) is 13.7. The Morgan fingerprint density at radius 1 is 1.17 bits per heavy atom. The van der Waals surface area contributed by atoms with Crippen LogP contribution in [0.3, 0.4) is 0 Å². The lowest BCUT2D eigenvalue weighted by Crippen LogP contribution is -2.18. The van der Waals surface area contributed by atoms with Gasteiger partial charge in [0, 0.05) is 5.56 Å². The van der Waals surface area contributed by atoms with Crippen molar-refractivity contribution >= 4 is 11.5 Å². The number of benzene rings is 2. The smallest absolute Gasteiger partial charge is 0.199 e. The van der Waals surface area contributed by atoms with Crippen molar-refractivity contribution in [1.82, 2.24) is 0 Å². The average molecular weight is 322 g/mol. The number of rotatable bonds is 7. The molecule has 0 spiro atoms. The molecule has 2 aromatic carbocycles. The van der Waals surface area contributed by atoms with E-state index in [0.717, 1.165) is 16.9 Å². The SMILES string of the molecule is CON=C(C(=O)CC#N)c1ccccc1COc1ccccc1C. The van der Waals surface area contributed by atoms with E-state index in [2.05, 4.69) is 5.16 Å². The maximum absolute atomic E-state index is 12.1. The summed E-state index contributed by atoms with van der Waals surface area (Å²) in [6.07, 6.45) is -0.255. The molecule has 0 bridgehead atoms. The van der Waals surface area contributed by atoms with Crippen LogP contribution in [0.4, 0.5) is 0 Å². The summed E-state index contributed by atoms with van der Waals surface area (Å²) in [6.45, 7) is 2.25. The summed E-state index contributed by atoms with van der Waals surface area (Å²) in [5.74, 6) is 0.392. The maximum Gasteiger partial charge on any atom is 0.199 e. The van der Waals surface area contributed by atoms with Crippen molar-refractivity contribution in [2.45, 2.75) is 20.0 Å². The van der Waals surface area contributed by atoms with Gasteiger partial charge in [-0.25, -0.2) is 0 Å². The van der Waals surface area contributed by atoms with Gasteiger partial charge < -0.3 is 9.57 Å². The van der Waals surface area contributed by atoms with E-state index in [1.165, 1.54) is 7.11 Å². The molecule has 0 amide bonds. The zero-order valence-corrected chi connectivity index (χ0v) is 13.7. The molecule has 0 saturated heterocycles. The van der Waals surface area contributed by atoms with E-state index in [9.17, 15) is 4.79 Å². The Morgan fingerprint density at radius 2 is 1.88 bits per heavy atom. The Bertz CT molecular complexity index is 791. The van der Waals surface area contributed by atoms with Gasteiger partial charge in [-0.05, 0) is 24.1 Å². The standard InChI is InChI=1S/C19H18N2O3/c1-14-7-3-6-10-18(14)24-13-15-8-4-5-9-16(15)19(21-23-2)17(22)11-12-20/h3-10H,11,13H2,1-2H3. The topological polar surface area (TPSA) is 71.7 Å². The van der Waals surface area contributed by atoms with Gasteiger partial charge in [0.2, 0.25) is 0 Å². The molecule has 0 N–H and O–H groups in total. The number of carbonyl (C=O) groups is 1. The van der Waals surface area contributed by atoms with Crippen LogP contribution >= 0.6 is 0 Å². The summed E-state index contributed by atoms with van der Waals surface area (Å²) in [7, 11) is 1.37. The van der Waals surface area contributed by atoms with E-state index in [-0.39, 0.29) is 24.5 Å². The first-order valence-electron chi connectivity index (χ1n) is 7.45. The molecular weight excluding hydrogens is 304 g/mol. The summed E-state index contributed by atoms with van der Waals surface area (Å²) in [5, 5.41) is 12.6. The predicted octanol–water partition coefficient (Wildman–Crippen LogP) is 3.41. The second kappa shape index (κ2) is 8.49. The van der Waals surface area contributed by atoms with E-state index in [1.807, 2.05) is 49.4 Å². The normalized spacial score (nSPS) is 10.8. The van der Waals surface area contributed by atoms with Gasteiger partial charge in [0.1, 0.15) is 25.9 Å². The molecular formula is C19H18N2O3. The van der Waals surface area contributed by atoms with Gasteiger partial charge in [0.25, 0.3) is 0 Å². The third-order valence-electron chi connectivity index (χ3n) is 3.44. The minimum Gasteiger partial charge on any atom is -0.489 e. The van der Waals surface area contributed by atoms with Crippen molar-refractivity contribution in [1.29, 1.82) is 5.26 Å². The molecule has 0 aliphatic heterocycles. The predicted molar refractivity (Wildman–Crippen MR) is 90.7 cm³/mol. The highest BCUT2D eigenvalue weighted by Gasteiger charge is 2.18. The van der Waals surface area contributed by atoms with Gasteiger partial charge in [0.15, 0.2) is 11.5 Å². The van der Waals surface area contributed by atoms with Gasteiger partial charge in [0.05, 0.1) is 6.07 Å². The number of carbonyl (C=O) groups excluding carboxylic acids is 1. The summed E-state index contributed by atoms with van der Waals surface area (Å²) >= 11 is 0. The second-order valence-electron chi connectivity index (χ2n) is 5.09. The van der Waals surface area contributed by atoms with Crippen LogP contribution in [-0.2, 0) is 16.2 Å². The van der Waals surface area contributed by atoms with Crippen molar-refractivity contribution in [2.24, 2.45) is 5.16 Å². The highest BCUT2D eigenvalue weighted by atomic mass is 16.6. The number of hydrogen-bond acceptors (Lipinski definition) is 5. The summed E-state index contributed by atoms with van der Waals surface area (Å²) in [6, 6.07) is 16.8. The van der Waals surface area contributed by atoms with Gasteiger partial charge in [-0.1, -0.05) is 47.6 Å². The summed E-state index contributed by atoms with van der Waals surface area (Å²) in [4.78, 5) is 16.9.